The monoisotopic (exact) mass is 1030 g/mol. The van der Waals surface area contributed by atoms with E-state index in [1.54, 1.807) is 89.2 Å². The van der Waals surface area contributed by atoms with Gasteiger partial charge in [0.2, 0.25) is 11.8 Å². The zero-order chi connectivity index (χ0) is 54.5. The summed E-state index contributed by atoms with van der Waals surface area (Å²) in [5.41, 5.74) is 0.620. The number of aliphatic hydroxyl groups excluding tert-OH is 3. The molecule has 2 unspecified atom stereocenters. The summed E-state index contributed by atoms with van der Waals surface area (Å²) in [7, 11) is 1.31. The summed E-state index contributed by atoms with van der Waals surface area (Å²) in [6.45, 7) is 20.8. The molecule has 2 saturated heterocycles. The minimum Gasteiger partial charge on any atom is -0.491 e. The molecule has 72 heavy (non-hydrogen) atoms. The number of hydrogen-bond acceptors (Lipinski definition) is 18. The molecule has 24 nitrogen and oxygen atoms in total. The quantitative estimate of drug-likeness (QED) is 0.118. The second kappa shape index (κ2) is 23.7. The Kier molecular flexibility index (Phi) is 19.7. The Hall–Kier alpha value is -4.72. The number of nitrogens with one attached hydrogen (secondary N) is 4. The molecule has 6 amide bonds. The Morgan fingerprint density at radius 3 is 2.03 bits per heavy atom. The van der Waals surface area contributed by atoms with Crippen molar-refractivity contribution in [2.75, 3.05) is 33.3 Å². The Balaban J connectivity index is 1.78. The van der Waals surface area contributed by atoms with Crippen molar-refractivity contribution < 1.29 is 82.4 Å². The average Bonchev–Trinajstić information content (AvgIpc) is 3.71. The fourth-order valence-corrected chi connectivity index (χ4v) is 9.14. The second-order valence-corrected chi connectivity index (χ2v) is 23.2. The molecule has 412 valence electrons. The van der Waals surface area contributed by atoms with Gasteiger partial charge in [-0.05, 0) is 128 Å². The summed E-state index contributed by atoms with van der Waals surface area (Å²) in [4.78, 5) is 83.2. The third-order valence-corrected chi connectivity index (χ3v) is 12.1. The first kappa shape index (κ1) is 59.8. The summed E-state index contributed by atoms with van der Waals surface area (Å²) in [5, 5.41) is 58.5. The van der Waals surface area contributed by atoms with Gasteiger partial charge in [-0.1, -0.05) is 0 Å². The van der Waals surface area contributed by atoms with E-state index < -0.39 is 144 Å². The topological polar surface area (TPSA) is 329 Å². The molecule has 0 aromatic rings. The third kappa shape index (κ3) is 16.9. The first-order chi connectivity index (χ1) is 33.0. The molecule has 4 aliphatic rings. The van der Waals surface area contributed by atoms with Crippen molar-refractivity contribution in [2.24, 2.45) is 11.7 Å². The minimum atomic E-state index is -1.88. The van der Waals surface area contributed by atoms with Crippen LogP contribution in [0.4, 0.5) is 19.2 Å². The summed E-state index contributed by atoms with van der Waals surface area (Å²) in [6.07, 6.45) is -11.2. The Labute approximate surface area is 422 Å². The van der Waals surface area contributed by atoms with Crippen LogP contribution in [-0.2, 0) is 42.7 Å². The number of likely N-dealkylation sites (tertiary alicyclic amines) is 1. The van der Waals surface area contributed by atoms with Gasteiger partial charge in [-0.3, -0.25) is 14.5 Å². The van der Waals surface area contributed by atoms with E-state index in [-0.39, 0.29) is 44.7 Å². The Morgan fingerprint density at radius 2 is 1.44 bits per heavy atom. The number of hydrogen-bond donors (Lipinski definition) is 9. The SMILES string of the molecule is CN(C(=O)OC(C)(C)C)[C@@H]1[C@@H](O)[C@@H](O[C@@H]2[C@@H](O)[C@H](C3OC(CN)=CC[C@H]3NC(=O)C3CCCN3C(=O)OC(C)(C)C)[C@@H](NC(=O)OC(C)(C)C)C[C@H]2NC(=O)[C@@H](O)CCNC(=O)OC(C)(C)C)OC[C@]1(C)O. The second-order valence-electron chi connectivity index (χ2n) is 23.2. The molecule has 0 spiro atoms. The summed E-state index contributed by atoms with van der Waals surface area (Å²) < 4.78 is 40.9. The highest BCUT2D eigenvalue weighted by atomic mass is 16.7. The van der Waals surface area contributed by atoms with Crippen molar-refractivity contribution in [1.82, 2.24) is 31.1 Å². The van der Waals surface area contributed by atoms with Gasteiger partial charge in [0.05, 0.1) is 37.4 Å². The highest BCUT2D eigenvalue weighted by Crippen LogP contribution is 2.39. The number of nitrogens with zero attached hydrogens (tertiary/aromatic N) is 2. The normalized spacial score (nSPS) is 30.6. The van der Waals surface area contributed by atoms with Gasteiger partial charge in [0.15, 0.2) is 6.29 Å². The van der Waals surface area contributed by atoms with Crippen LogP contribution in [0.2, 0.25) is 0 Å². The fraction of sp³-hybridized carbons (Fsp3) is 0.833. The van der Waals surface area contributed by atoms with Gasteiger partial charge in [0.25, 0.3) is 0 Å². The summed E-state index contributed by atoms with van der Waals surface area (Å²) in [6, 6.07) is -5.82. The summed E-state index contributed by atoms with van der Waals surface area (Å²) in [5.74, 6) is -2.51. The number of likely N-dealkylation sites (N-methyl/N-ethyl adjacent to an activating group) is 1. The lowest BCUT2D eigenvalue weighted by atomic mass is 9.72. The number of carbonyl (C=O) groups excluding carboxylic acids is 6. The molecule has 0 radical (unpaired) electrons. The molecule has 13 atom stereocenters. The van der Waals surface area contributed by atoms with Crippen LogP contribution in [0.5, 0.6) is 0 Å². The average molecular weight is 1030 g/mol. The number of nitrogens with two attached hydrogens (primary N) is 1. The van der Waals surface area contributed by atoms with E-state index in [1.807, 2.05) is 0 Å². The number of aliphatic hydroxyl groups is 4. The van der Waals surface area contributed by atoms with Crippen LogP contribution >= 0.6 is 0 Å². The predicted molar refractivity (Wildman–Crippen MR) is 258 cm³/mol. The molecule has 1 aliphatic carbocycles. The van der Waals surface area contributed by atoms with E-state index in [1.165, 1.54) is 18.9 Å². The van der Waals surface area contributed by atoms with Crippen molar-refractivity contribution in [3.05, 3.63) is 11.8 Å². The van der Waals surface area contributed by atoms with Gasteiger partial charge >= 0.3 is 24.4 Å². The van der Waals surface area contributed by atoms with E-state index >= 15 is 0 Å². The van der Waals surface area contributed by atoms with Gasteiger partial charge in [-0.25, -0.2) is 19.2 Å². The number of amides is 6. The number of ether oxygens (including phenoxy) is 7. The molecule has 3 aliphatic heterocycles. The van der Waals surface area contributed by atoms with Crippen LogP contribution in [0.25, 0.3) is 0 Å². The van der Waals surface area contributed by atoms with Crippen molar-refractivity contribution in [1.29, 1.82) is 0 Å². The van der Waals surface area contributed by atoms with E-state index in [0.717, 1.165) is 4.90 Å². The van der Waals surface area contributed by atoms with E-state index in [2.05, 4.69) is 21.3 Å². The van der Waals surface area contributed by atoms with Crippen LogP contribution in [0.1, 0.15) is 122 Å². The maximum Gasteiger partial charge on any atom is 0.410 e. The molecule has 3 fully saturated rings. The van der Waals surface area contributed by atoms with Gasteiger partial charge in [-0.15, -0.1) is 0 Å². The van der Waals surface area contributed by atoms with Gasteiger partial charge < -0.3 is 85.5 Å². The maximum absolute atomic E-state index is 14.3. The highest BCUT2D eigenvalue weighted by Gasteiger charge is 2.57. The van der Waals surface area contributed by atoms with Gasteiger partial charge in [-0.2, -0.15) is 0 Å². The molecule has 0 aromatic heterocycles. The lowest BCUT2D eigenvalue weighted by molar-refractivity contribution is -0.305. The van der Waals surface area contributed by atoms with Crippen molar-refractivity contribution in [3.8, 4) is 0 Å². The van der Waals surface area contributed by atoms with E-state index in [9.17, 15) is 49.2 Å². The Morgan fingerprint density at radius 1 is 0.847 bits per heavy atom. The first-order valence-electron chi connectivity index (χ1n) is 24.6. The fourth-order valence-electron chi connectivity index (χ4n) is 9.14. The van der Waals surface area contributed by atoms with Crippen molar-refractivity contribution >= 4 is 36.2 Å². The number of rotatable bonds is 13. The predicted octanol–water partition coefficient (Wildman–Crippen LogP) is 1.63. The van der Waals surface area contributed by atoms with Crippen LogP contribution < -0.4 is 27.0 Å². The smallest absolute Gasteiger partial charge is 0.410 e. The van der Waals surface area contributed by atoms with Gasteiger partial charge in [0.1, 0.15) is 64.2 Å². The molecule has 1 saturated carbocycles. The number of carbonyl (C=O) groups is 6. The van der Waals surface area contributed by atoms with Crippen molar-refractivity contribution in [3.63, 3.8) is 0 Å². The zero-order valence-electron chi connectivity index (χ0n) is 44.4. The largest absolute Gasteiger partial charge is 0.491 e. The maximum atomic E-state index is 14.3. The lowest BCUT2D eigenvalue weighted by Gasteiger charge is -2.52. The van der Waals surface area contributed by atoms with Crippen LogP contribution in [0.3, 0.4) is 0 Å². The van der Waals surface area contributed by atoms with Gasteiger partial charge in [0, 0.05) is 32.1 Å². The molecular weight excluding hydrogens is 947 g/mol. The molecule has 4 rings (SSSR count). The lowest BCUT2D eigenvalue weighted by Crippen LogP contribution is -2.71. The number of alkyl carbamates (subject to hydrolysis) is 2. The Bertz CT molecular complexity index is 1940. The van der Waals surface area contributed by atoms with Crippen LogP contribution in [-0.4, -0.2) is 195 Å². The first-order valence-corrected chi connectivity index (χ1v) is 24.6. The van der Waals surface area contributed by atoms with E-state index in [0.29, 0.717) is 12.8 Å². The minimum absolute atomic E-state index is 0.104. The van der Waals surface area contributed by atoms with Crippen LogP contribution in [0, 0.1) is 5.92 Å². The molecular formula is C48H83N7O17. The van der Waals surface area contributed by atoms with Crippen molar-refractivity contribution in [2.45, 2.75) is 217 Å². The zero-order valence-corrected chi connectivity index (χ0v) is 44.4. The molecule has 3 heterocycles. The highest BCUT2D eigenvalue weighted by molar-refractivity contribution is 5.86. The molecule has 24 heteroatoms. The molecule has 10 N–H and O–H groups in total. The third-order valence-electron chi connectivity index (χ3n) is 12.1. The summed E-state index contributed by atoms with van der Waals surface area (Å²) >= 11 is 0. The van der Waals surface area contributed by atoms with E-state index in [4.69, 9.17) is 38.9 Å². The van der Waals surface area contributed by atoms with Crippen LogP contribution in [0.15, 0.2) is 11.8 Å². The molecule has 0 aromatic carbocycles. The standard InChI is InChI=1S/C48H83N7O17/c1-44(2,3)69-40(61)50-20-19-30(56)38(60)52-28-22-27(53-41(62)70-45(4,5)6)31(32(57)35(28)68-39-33(58)36(48(13,65)24-66-39)54(14)42(63)71-46(7,8)9)34-26(18-17-25(23-49)67-34)51-37(59)29-16-15-21-55(29)43(64)72-47(10,11)12/h17,26-36,39,56-58,65H,15-16,18-24,49H2,1-14H3,(H,50,61)(H,51,59)(H,52,60)(H,53,62)/t26-,27+,28-,29?,30+,31-,32+,33-,34?,35+,36-,39-,48+/m1/s1. The molecule has 0 bridgehead atoms.